The molecule has 7 unspecified atom stereocenters. The molecule has 0 bridgehead atoms. The van der Waals surface area contributed by atoms with Crippen LogP contribution in [0.1, 0.15) is 72.6 Å². The Balaban J connectivity index is 1.73. The zero-order valence-electron chi connectivity index (χ0n) is 16.2. The Labute approximate surface area is 151 Å². The van der Waals surface area contributed by atoms with Crippen LogP contribution in [0.3, 0.4) is 0 Å². The van der Waals surface area contributed by atoms with Crippen LogP contribution in [0.4, 0.5) is 0 Å². The molecule has 0 saturated heterocycles. The Bertz CT molecular complexity index is 664. The molecule has 3 saturated carbocycles. The molecule has 0 aliphatic heterocycles. The molecule has 4 aliphatic carbocycles. The second kappa shape index (κ2) is 5.28. The Morgan fingerprint density at radius 2 is 1.84 bits per heavy atom. The summed E-state index contributed by atoms with van der Waals surface area (Å²) in [6.07, 6.45) is 8.65. The first-order chi connectivity index (χ1) is 11.6. The Morgan fingerprint density at radius 1 is 1.16 bits per heavy atom. The average molecular weight is 346 g/mol. The van der Waals surface area contributed by atoms with Crippen LogP contribution < -0.4 is 0 Å². The minimum atomic E-state index is -0.884. The van der Waals surface area contributed by atoms with Crippen LogP contribution in [-0.2, 0) is 9.59 Å². The van der Waals surface area contributed by atoms with Crippen molar-refractivity contribution in [1.82, 2.24) is 0 Å². The number of hydrogen-bond acceptors (Lipinski definition) is 2. The number of allylic oxidation sites excluding steroid dienone is 1. The largest absolute Gasteiger partial charge is 0.435 e. The first-order valence-electron chi connectivity index (χ1n) is 10.1. The summed E-state index contributed by atoms with van der Waals surface area (Å²) in [7, 11) is 0. The zero-order chi connectivity index (χ0) is 18.2. The van der Waals surface area contributed by atoms with E-state index >= 15 is 0 Å². The molecule has 0 heterocycles. The van der Waals surface area contributed by atoms with Crippen molar-refractivity contribution in [2.45, 2.75) is 78.2 Å². The van der Waals surface area contributed by atoms with Gasteiger partial charge in [0.25, 0.3) is 0 Å². The predicted octanol–water partition coefficient (Wildman–Crippen LogP) is 3.82. The van der Waals surface area contributed by atoms with Crippen molar-refractivity contribution in [3.05, 3.63) is 11.6 Å². The van der Waals surface area contributed by atoms with Gasteiger partial charge >= 0.3 is 0 Å². The van der Waals surface area contributed by atoms with Crippen LogP contribution in [0, 0.1) is 34.5 Å². The lowest BCUT2D eigenvalue weighted by atomic mass is 9.45. The Kier molecular flexibility index (Phi) is 3.69. The van der Waals surface area contributed by atoms with Crippen LogP contribution in [0.5, 0.6) is 0 Å². The third-order valence-corrected chi connectivity index (χ3v) is 9.07. The van der Waals surface area contributed by atoms with Gasteiger partial charge in [0.05, 0.1) is 5.41 Å². The molecular formula is C22H33O3+. The molecule has 0 amide bonds. The predicted molar refractivity (Wildman–Crippen MR) is 98.3 cm³/mol. The molecule has 0 aromatic rings. The lowest BCUT2D eigenvalue weighted by Crippen LogP contribution is -2.57. The smallest absolute Gasteiger partial charge is 0.228 e. The van der Waals surface area contributed by atoms with Gasteiger partial charge in [-0.15, -0.1) is 0 Å². The Hall–Kier alpha value is -0.960. The van der Waals surface area contributed by atoms with E-state index in [0.717, 1.165) is 38.5 Å². The van der Waals surface area contributed by atoms with Gasteiger partial charge in [0.2, 0.25) is 11.4 Å². The highest BCUT2D eigenvalue weighted by atomic mass is 16.3. The molecule has 25 heavy (non-hydrogen) atoms. The highest BCUT2D eigenvalue weighted by Gasteiger charge is 2.68. The average Bonchev–Trinajstić information content (AvgIpc) is 2.83. The van der Waals surface area contributed by atoms with Crippen LogP contribution in [0.25, 0.3) is 0 Å². The van der Waals surface area contributed by atoms with E-state index in [2.05, 4.69) is 20.8 Å². The summed E-state index contributed by atoms with van der Waals surface area (Å²) in [6.45, 7) is 8.55. The molecule has 138 valence electrons. The monoisotopic (exact) mass is 345 g/mol. The molecule has 7 atom stereocenters. The summed E-state index contributed by atoms with van der Waals surface area (Å²) < 4.78 is 0. The van der Waals surface area contributed by atoms with E-state index in [1.54, 1.807) is 6.92 Å². The standard InChI is InChI=1S/C22H32O3/c1-13-11-16-17(20(3)8-5-15(24)12-19(13)20)6-9-21(4)18(16)7-10-22(21,25)14(2)23/h12-13,16-18,25H,5-11H2,1-4H3/p+1. The van der Waals surface area contributed by atoms with Crippen molar-refractivity contribution < 1.29 is 14.7 Å². The number of ketones is 2. The lowest BCUT2D eigenvalue weighted by Gasteiger charge is -2.59. The van der Waals surface area contributed by atoms with Crippen molar-refractivity contribution >= 4 is 11.6 Å². The fourth-order valence-electron chi connectivity index (χ4n) is 7.60. The molecule has 3 fully saturated rings. The van der Waals surface area contributed by atoms with Gasteiger partial charge in [-0.05, 0) is 67.3 Å². The fraction of sp³-hybridized carbons (Fsp3) is 0.818. The molecule has 0 spiro atoms. The first-order valence-corrected chi connectivity index (χ1v) is 10.1. The van der Waals surface area contributed by atoms with Gasteiger partial charge in [-0.25, -0.2) is 0 Å². The summed E-state index contributed by atoms with van der Waals surface area (Å²) in [6, 6.07) is 0. The van der Waals surface area contributed by atoms with Crippen LogP contribution in [0.15, 0.2) is 11.6 Å². The van der Waals surface area contributed by atoms with E-state index in [1.807, 2.05) is 6.08 Å². The summed E-state index contributed by atoms with van der Waals surface area (Å²) in [5.74, 6) is 2.55. The minimum absolute atomic E-state index is 0.0647. The van der Waals surface area contributed by atoms with Gasteiger partial charge in [0.1, 0.15) is 0 Å². The fourth-order valence-corrected chi connectivity index (χ4v) is 7.60. The van der Waals surface area contributed by atoms with Gasteiger partial charge < -0.3 is 5.11 Å². The number of carbonyl (C=O) groups is 2. The van der Waals surface area contributed by atoms with E-state index < -0.39 is 5.60 Å². The van der Waals surface area contributed by atoms with Gasteiger partial charge in [-0.2, -0.15) is 0 Å². The maximum absolute atomic E-state index is 12.3. The summed E-state index contributed by atoms with van der Waals surface area (Å²) in [5.41, 5.74) is 0.504. The highest BCUT2D eigenvalue weighted by molar-refractivity contribution is 5.91. The summed E-state index contributed by atoms with van der Waals surface area (Å²) >= 11 is 0. The number of hydrogen-bond donors (Lipinski definition) is 0. The molecule has 3 heteroatoms. The normalized spacial score (nSPS) is 52.0. The van der Waals surface area contributed by atoms with E-state index in [0.29, 0.717) is 35.9 Å². The number of fused-ring (bicyclic) bond motifs is 5. The SMILES string of the molecule is CC(=O)C1([OH2+])CCC2C3CC(C)C4=CC(=O)CCC4(C)C3CCC21C. The topological polar surface area (TPSA) is 57.0 Å². The quantitative estimate of drug-likeness (QED) is 0.678. The minimum Gasteiger partial charge on any atom is -0.435 e. The third-order valence-electron chi connectivity index (χ3n) is 9.07. The van der Waals surface area contributed by atoms with E-state index in [9.17, 15) is 9.59 Å². The second-order valence-electron chi connectivity index (χ2n) is 9.95. The third kappa shape index (κ3) is 2.08. The van der Waals surface area contributed by atoms with E-state index in [4.69, 9.17) is 5.11 Å². The van der Waals surface area contributed by atoms with Gasteiger partial charge in [0.15, 0.2) is 5.78 Å². The second-order valence-corrected chi connectivity index (χ2v) is 9.95. The maximum atomic E-state index is 12.3. The number of Topliss-reactive ketones (excluding diaryl/α,β-unsaturated/α-hetero) is 1. The molecule has 0 aromatic carbocycles. The molecule has 0 aromatic heterocycles. The first kappa shape index (κ1) is 17.5. The summed E-state index contributed by atoms with van der Waals surface area (Å²) in [4.78, 5) is 24.4. The van der Waals surface area contributed by atoms with Crippen LogP contribution in [-0.4, -0.2) is 22.3 Å². The van der Waals surface area contributed by atoms with Gasteiger partial charge in [-0.3, -0.25) is 9.59 Å². The van der Waals surface area contributed by atoms with Crippen LogP contribution in [0.2, 0.25) is 0 Å². The van der Waals surface area contributed by atoms with Crippen molar-refractivity contribution in [1.29, 1.82) is 0 Å². The molecule has 2 N–H and O–H groups in total. The van der Waals surface area contributed by atoms with Gasteiger partial charge in [-0.1, -0.05) is 26.3 Å². The van der Waals surface area contributed by atoms with Crippen molar-refractivity contribution in [2.24, 2.45) is 34.5 Å². The zero-order valence-corrected chi connectivity index (χ0v) is 16.2. The van der Waals surface area contributed by atoms with E-state index in [1.165, 1.54) is 5.57 Å². The van der Waals surface area contributed by atoms with Gasteiger partial charge in [0, 0.05) is 19.8 Å². The molecular weight excluding hydrogens is 312 g/mol. The van der Waals surface area contributed by atoms with Crippen molar-refractivity contribution in [3.8, 4) is 0 Å². The molecule has 4 rings (SSSR count). The van der Waals surface area contributed by atoms with Crippen molar-refractivity contribution in [2.75, 3.05) is 0 Å². The van der Waals surface area contributed by atoms with Crippen molar-refractivity contribution in [3.63, 3.8) is 0 Å². The summed E-state index contributed by atoms with van der Waals surface area (Å²) in [5, 5.41) is 8.96. The highest BCUT2D eigenvalue weighted by Crippen LogP contribution is 2.68. The maximum Gasteiger partial charge on any atom is 0.228 e. The number of rotatable bonds is 1. The van der Waals surface area contributed by atoms with E-state index in [-0.39, 0.29) is 16.6 Å². The lowest BCUT2D eigenvalue weighted by molar-refractivity contribution is -0.161. The molecule has 0 radical (unpaired) electrons. The number of carbonyl (C=O) groups excluding carboxylic acids is 2. The molecule has 4 aliphatic rings. The Morgan fingerprint density at radius 3 is 2.52 bits per heavy atom. The molecule has 3 nitrogen and oxygen atoms in total. The van der Waals surface area contributed by atoms with Crippen LogP contribution >= 0.6 is 0 Å².